The molecule has 0 heterocycles. The summed E-state index contributed by atoms with van der Waals surface area (Å²) < 4.78 is 0. The number of hydrogen-bond acceptors (Lipinski definition) is 5. The summed E-state index contributed by atoms with van der Waals surface area (Å²) in [7, 11) is 0. The van der Waals surface area contributed by atoms with Crippen molar-refractivity contribution < 1.29 is 19.3 Å². The van der Waals surface area contributed by atoms with Crippen LogP contribution in [-0.2, 0) is 19.3 Å². The maximum absolute atomic E-state index is 11.8. The van der Waals surface area contributed by atoms with Gasteiger partial charge in [-0.2, -0.15) is 0 Å². The lowest BCUT2D eigenvalue weighted by Gasteiger charge is -2.06. The monoisotopic (exact) mass is 620 g/mol. The van der Waals surface area contributed by atoms with Crippen LogP contribution in [0.4, 0.5) is 0 Å². The van der Waals surface area contributed by atoms with Gasteiger partial charge in [0.1, 0.15) is 0 Å². The van der Waals surface area contributed by atoms with E-state index in [4.69, 9.17) is 9.68 Å². The highest BCUT2D eigenvalue weighted by atomic mass is 16.9. The van der Waals surface area contributed by atoms with E-state index >= 15 is 0 Å². The van der Waals surface area contributed by atoms with Gasteiger partial charge in [-0.15, -0.1) is 0 Å². The first kappa shape index (κ1) is 42.4. The quantitative estimate of drug-likeness (QED) is 0.0461. The first-order chi connectivity index (χ1) is 21.7. The van der Waals surface area contributed by atoms with E-state index in [0.29, 0.717) is 12.8 Å². The van der Waals surface area contributed by atoms with Crippen molar-refractivity contribution in [2.75, 3.05) is 0 Å². The van der Waals surface area contributed by atoms with Crippen molar-refractivity contribution in [2.45, 2.75) is 213 Å². The van der Waals surface area contributed by atoms with E-state index in [1.54, 1.807) is 0 Å². The fraction of sp³-hybridized carbons (Fsp3) is 0.846. The van der Waals surface area contributed by atoms with Crippen molar-refractivity contribution in [3.63, 3.8) is 0 Å². The summed E-state index contributed by atoms with van der Waals surface area (Å²) >= 11 is 0. The van der Waals surface area contributed by atoms with Gasteiger partial charge < -0.3 is 9.68 Å². The lowest BCUT2D eigenvalue weighted by Crippen LogP contribution is -2.23. The summed E-state index contributed by atoms with van der Waals surface area (Å²) in [4.78, 5) is 33.2. The number of hydrogen-bond donors (Lipinski definition) is 1. The number of unbranched alkanes of at least 4 members (excludes halogenated alkanes) is 22. The molecule has 0 aromatic rings. The number of rotatable bonds is 32. The van der Waals surface area contributed by atoms with Crippen molar-refractivity contribution in [1.82, 2.24) is 5.64 Å². The SMILES string of the molecule is C1CC1.CCCCCCCC/C=C\CCCCCCCC(=O)ONOC(=O)CCCCCCC/C=C\CCCCCCCC. The van der Waals surface area contributed by atoms with E-state index in [0.717, 1.165) is 51.4 Å². The van der Waals surface area contributed by atoms with Crippen LogP contribution in [0.25, 0.3) is 0 Å². The van der Waals surface area contributed by atoms with Crippen LogP contribution in [0.1, 0.15) is 213 Å². The van der Waals surface area contributed by atoms with Crippen LogP contribution in [0.3, 0.4) is 0 Å². The molecule has 0 unspecified atom stereocenters. The predicted octanol–water partition coefficient (Wildman–Crippen LogP) is 12.7. The summed E-state index contributed by atoms with van der Waals surface area (Å²) in [6, 6.07) is 0. The minimum Gasteiger partial charge on any atom is -0.336 e. The molecule has 0 atom stereocenters. The van der Waals surface area contributed by atoms with Crippen molar-refractivity contribution in [3.05, 3.63) is 24.3 Å². The first-order valence-electron chi connectivity index (χ1n) is 19.1. The van der Waals surface area contributed by atoms with Gasteiger partial charge in [0.05, 0.1) is 0 Å². The zero-order valence-corrected chi connectivity index (χ0v) is 29.4. The van der Waals surface area contributed by atoms with Crippen LogP contribution in [0, 0.1) is 0 Å². The smallest absolute Gasteiger partial charge is 0.328 e. The molecule has 0 spiro atoms. The molecule has 5 heteroatoms. The number of carbonyl (C=O) groups excluding carboxylic acids is 2. The Labute approximate surface area is 273 Å². The Morgan fingerprint density at radius 1 is 0.432 bits per heavy atom. The van der Waals surface area contributed by atoms with Crippen molar-refractivity contribution >= 4 is 11.9 Å². The Kier molecular flexibility index (Phi) is 36.2. The van der Waals surface area contributed by atoms with Gasteiger partial charge in [0.25, 0.3) is 0 Å². The number of carbonyl (C=O) groups is 2. The fourth-order valence-corrected chi connectivity index (χ4v) is 4.90. The summed E-state index contributed by atoms with van der Waals surface area (Å²) in [5.41, 5.74) is 2.08. The van der Waals surface area contributed by atoms with E-state index < -0.39 is 0 Å². The van der Waals surface area contributed by atoms with E-state index in [-0.39, 0.29) is 11.9 Å². The van der Waals surface area contributed by atoms with Gasteiger partial charge in [0.2, 0.25) is 0 Å². The maximum Gasteiger partial charge on any atom is 0.328 e. The molecule has 1 aliphatic carbocycles. The molecule has 0 aromatic carbocycles. The minimum absolute atomic E-state index is 0.344. The second-order valence-electron chi connectivity index (χ2n) is 12.8. The standard InChI is InChI=1S/C36H67NO4.C3H6/c1-3-5-7-9-11-13-15-17-19-21-23-25-27-29-31-33-35(38)40-37-41-36(39)34-32-30-28-26-24-22-20-18-16-14-12-10-8-6-4-2;1-2-3-1/h17-20,37H,3-16,21-34H2,1-2H3;1-3H2/b19-17-,20-18-;. The van der Waals surface area contributed by atoms with Crippen molar-refractivity contribution in [2.24, 2.45) is 0 Å². The largest absolute Gasteiger partial charge is 0.336 e. The van der Waals surface area contributed by atoms with Crippen LogP contribution in [-0.4, -0.2) is 11.9 Å². The Morgan fingerprint density at radius 3 is 1.00 bits per heavy atom. The molecule has 1 rings (SSSR count). The van der Waals surface area contributed by atoms with E-state index in [9.17, 15) is 9.59 Å². The molecule has 1 saturated carbocycles. The molecular formula is C39H73NO4. The van der Waals surface area contributed by atoms with Gasteiger partial charge in [-0.1, -0.05) is 160 Å². The Hall–Kier alpha value is -1.62. The summed E-state index contributed by atoms with van der Waals surface area (Å²) in [6.45, 7) is 4.52. The van der Waals surface area contributed by atoms with Crippen LogP contribution >= 0.6 is 0 Å². The second kappa shape index (κ2) is 37.6. The van der Waals surface area contributed by atoms with Crippen LogP contribution in [0.15, 0.2) is 24.3 Å². The van der Waals surface area contributed by atoms with Crippen molar-refractivity contribution in [3.8, 4) is 0 Å². The highest BCUT2D eigenvalue weighted by Crippen LogP contribution is 2.15. The molecule has 0 radical (unpaired) electrons. The molecule has 44 heavy (non-hydrogen) atoms. The van der Waals surface area contributed by atoms with Gasteiger partial charge in [-0.3, -0.25) is 9.59 Å². The topological polar surface area (TPSA) is 64.6 Å². The van der Waals surface area contributed by atoms with Gasteiger partial charge in [-0.05, 0) is 64.2 Å². The highest BCUT2D eigenvalue weighted by molar-refractivity contribution is 5.70. The summed E-state index contributed by atoms with van der Waals surface area (Å²) in [5, 5.41) is 0. The zero-order chi connectivity index (χ0) is 32.0. The van der Waals surface area contributed by atoms with Gasteiger partial charge in [0.15, 0.2) is 0 Å². The molecule has 1 N–H and O–H groups in total. The Bertz CT molecular complexity index is 604. The average Bonchev–Trinajstić information content (AvgIpc) is 3.91. The van der Waals surface area contributed by atoms with Gasteiger partial charge in [-0.25, -0.2) is 0 Å². The Balaban J connectivity index is 0.00000576. The molecule has 1 fully saturated rings. The zero-order valence-electron chi connectivity index (χ0n) is 29.4. The van der Waals surface area contributed by atoms with E-state index in [1.807, 2.05) is 0 Å². The molecule has 5 nitrogen and oxygen atoms in total. The highest BCUT2D eigenvalue weighted by Gasteiger charge is 2.06. The number of nitrogens with one attached hydrogen (secondary N) is 1. The van der Waals surface area contributed by atoms with Gasteiger partial charge in [0, 0.05) is 18.5 Å². The third-order valence-corrected chi connectivity index (χ3v) is 7.95. The minimum atomic E-state index is -0.378. The lowest BCUT2D eigenvalue weighted by molar-refractivity contribution is -0.198. The van der Waals surface area contributed by atoms with Crippen LogP contribution in [0.2, 0.25) is 0 Å². The number of allylic oxidation sites excluding steroid dienone is 4. The molecule has 258 valence electrons. The fourth-order valence-electron chi connectivity index (χ4n) is 4.90. The first-order valence-corrected chi connectivity index (χ1v) is 19.1. The molecule has 0 bridgehead atoms. The third kappa shape index (κ3) is 40.4. The molecular weight excluding hydrogens is 546 g/mol. The maximum atomic E-state index is 11.8. The second-order valence-corrected chi connectivity index (χ2v) is 12.8. The van der Waals surface area contributed by atoms with Crippen LogP contribution < -0.4 is 5.64 Å². The van der Waals surface area contributed by atoms with Crippen molar-refractivity contribution in [1.29, 1.82) is 0 Å². The van der Waals surface area contributed by atoms with Gasteiger partial charge >= 0.3 is 11.9 Å². The van der Waals surface area contributed by atoms with E-state index in [1.165, 1.54) is 135 Å². The molecule has 0 saturated heterocycles. The summed E-state index contributed by atoms with van der Waals surface area (Å²) in [5.74, 6) is -0.757. The molecule has 0 aliphatic heterocycles. The molecule has 0 aromatic heterocycles. The molecule has 1 aliphatic rings. The summed E-state index contributed by atoms with van der Waals surface area (Å²) in [6.07, 6.45) is 46.3. The van der Waals surface area contributed by atoms with Crippen LogP contribution in [0.5, 0.6) is 0 Å². The molecule has 0 amide bonds. The normalized spacial score (nSPS) is 12.4. The van der Waals surface area contributed by atoms with E-state index in [2.05, 4.69) is 43.8 Å². The third-order valence-electron chi connectivity index (χ3n) is 7.95. The predicted molar refractivity (Wildman–Crippen MR) is 188 cm³/mol. The average molecular weight is 620 g/mol. The Morgan fingerprint density at radius 2 is 0.705 bits per heavy atom. The lowest BCUT2D eigenvalue weighted by atomic mass is 10.1.